The lowest BCUT2D eigenvalue weighted by Crippen LogP contribution is -2.32. The first-order valence-corrected chi connectivity index (χ1v) is 11.4. The first-order valence-electron chi connectivity index (χ1n) is 10.2. The molecule has 0 atom stereocenters. The average molecular weight is 537 g/mol. The van der Waals surface area contributed by atoms with E-state index in [0.717, 1.165) is 15.7 Å². The van der Waals surface area contributed by atoms with E-state index in [9.17, 15) is 9.59 Å². The van der Waals surface area contributed by atoms with Crippen LogP contribution in [0.1, 0.15) is 11.1 Å². The van der Waals surface area contributed by atoms with Gasteiger partial charge in [0.15, 0.2) is 0 Å². The molecule has 1 heterocycles. The number of hydrogen-bond donors (Lipinski definition) is 2. The van der Waals surface area contributed by atoms with E-state index in [4.69, 9.17) is 16.7 Å². The fourth-order valence-electron chi connectivity index (χ4n) is 3.16. The van der Waals surface area contributed by atoms with Gasteiger partial charge in [0.05, 0.1) is 11.9 Å². The van der Waals surface area contributed by atoms with Crippen LogP contribution in [0.25, 0.3) is 16.9 Å². The molecular weight excluding hydrogens is 518 g/mol. The van der Waals surface area contributed by atoms with Gasteiger partial charge in [-0.05, 0) is 48.9 Å². The molecule has 170 valence electrons. The van der Waals surface area contributed by atoms with E-state index >= 15 is 0 Å². The van der Waals surface area contributed by atoms with Gasteiger partial charge in [-0.3, -0.25) is 9.59 Å². The molecule has 7 nitrogen and oxygen atoms in total. The minimum atomic E-state index is -0.906. The number of benzene rings is 3. The van der Waals surface area contributed by atoms with Crippen molar-refractivity contribution in [1.29, 1.82) is 0 Å². The number of carbonyl (C=O) groups is 2. The molecule has 2 N–H and O–H groups in total. The Kier molecular flexibility index (Phi) is 7.20. The van der Waals surface area contributed by atoms with Crippen LogP contribution in [0.4, 0.5) is 5.69 Å². The van der Waals surface area contributed by atoms with Crippen molar-refractivity contribution >= 4 is 51.2 Å². The van der Waals surface area contributed by atoms with Crippen LogP contribution in [-0.4, -0.2) is 27.8 Å². The first-order chi connectivity index (χ1) is 16.4. The number of nitrogens with zero attached hydrogens (tertiary/aromatic N) is 3. The van der Waals surface area contributed by atoms with Gasteiger partial charge in [-0.2, -0.15) is 10.2 Å². The summed E-state index contributed by atoms with van der Waals surface area (Å²) in [6.07, 6.45) is 3.26. The summed E-state index contributed by atoms with van der Waals surface area (Å²) in [6.45, 7) is 1.75. The summed E-state index contributed by atoms with van der Waals surface area (Å²) in [6, 6.07) is 22.4. The fourth-order valence-corrected chi connectivity index (χ4v) is 3.60. The molecule has 4 rings (SSSR count). The third-order valence-electron chi connectivity index (χ3n) is 4.97. The number of amides is 2. The van der Waals surface area contributed by atoms with Crippen molar-refractivity contribution in [3.05, 3.63) is 99.6 Å². The summed E-state index contributed by atoms with van der Waals surface area (Å²) in [7, 11) is 0. The van der Waals surface area contributed by atoms with E-state index in [2.05, 4.69) is 31.8 Å². The summed E-state index contributed by atoms with van der Waals surface area (Å²) in [4.78, 5) is 24.5. The Bertz CT molecular complexity index is 1370. The number of halogens is 2. The zero-order chi connectivity index (χ0) is 24.1. The molecule has 0 fully saturated rings. The lowest BCUT2D eigenvalue weighted by atomic mass is 10.1. The van der Waals surface area contributed by atoms with Crippen LogP contribution in [-0.2, 0) is 9.59 Å². The Balaban J connectivity index is 1.54. The van der Waals surface area contributed by atoms with Crippen LogP contribution >= 0.6 is 27.5 Å². The number of aromatic nitrogens is 2. The number of hydrazone groups is 1. The van der Waals surface area contributed by atoms with Crippen LogP contribution in [0.5, 0.6) is 0 Å². The summed E-state index contributed by atoms with van der Waals surface area (Å²) in [5.74, 6) is -1.76. The predicted octanol–water partition coefficient (Wildman–Crippen LogP) is 5.35. The molecule has 0 bridgehead atoms. The number of anilines is 1. The Morgan fingerprint density at radius 2 is 1.74 bits per heavy atom. The molecule has 1 aromatic heterocycles. The Morgan fingerprint density at radius 3 is 2.47 bits per heavy atom. The van der Waals surface area contributed by atoms with Gasteiger partial charge in [-0.15, -0.1) is 0 Å². The van der Waals surface area contributed by atoms with Crippen molar-refractivity contribution in [2.24, 2.45) is 5.10 Å². The highest BCUT2D eigenvalue weighted by Crippen LogP contribution is 2.25. The van der Waals surface area contributed by atoms with E-state index in [0.29, 0.717) is 27.5 Å². The van der Waals surface area contributed by atoms with Gasteiger partial charge in [0.1, 0.15) is 5.69 Å². The number of para-hydroxylation sites is 1. The van der Waals surface area contributed by atoms with Crippen molar-refractivity contribution in [3.63, 3.8) is 0 Å². The fraction of sp³-hybridized carbons (Fsp3) is 0.0400. The van der Waals surface area contributed by atoms with E-state index < -0.39 is 11.8 Å². The van der Waals surface area contributed by atoms with Crippen LogP contribution < -0.4 is 10.7 Å². The van der Waals surface area contributed by atoms with Gasteiger partial charge < -0.3 is 5.32 Å². The van der Waals surface area contributed by atoms with Crippen LogP contribution in [0.15, 0.2) is 88.6 Å². The summed E-state index contributed by atoms with van der Waals surface area (Å²) in [5, 5.41) is 11.7. The van der Waals surface area contributed by atoms with Gasteiger partial charge in [0.2, 0.25) is 0 Å². The molecule has 0 radical (unpaired) electrons. The van der Waals surface area contributed by atoms with Gasteiger partial charge in [0, 0.05) is 32.5 Å². The highest BCUT2D eigenvalue weighted by Gasteiger charge is 2.15. The van der Waals surface area contributed by atoms with E-state index in [-0.39, 0.29) is 0 Å². The number of rotatable bonds is 5. The molecule has 2 amide bonds. The highest BCUT2D eigenvalue weighted by atomic mass is 79.9. The molecule has 0 saturated carbocycles. The topological polar surface area (TPSA) is 88.4 Å². The quantitative estimate of drug-likeness (QED) is 0.205. The minimum Gasteiger partial charge on any atom is -0.317 e. The zero-order valence-electron chi connectivity index (χ0n) is 18.0. The van der Waals surface area contributed by atoms with Crippen molar-refractivity contribution in [2.45, 2.75) is 6.92 Å². The Morgan fingerprint density at radius 1 is 1.00 bits per heavy atom. The van der Waals surface area contributed by atoms with E-state index in [1.54, 1.807) is 36.0 Å². The smallest absolute Gasteiger partial charge is 0.317 e. The monoisotopic (exact) mass is 535 g/mol. The second-order valence-corrected chi connectivity index (χ2v) is 8.61. The Labute approximate surface area is 209 Å². The largest absolute Gasteiger partial charge is 0.329 e. The minimum absolute atomic E-state index is 0.457. The van der Waals surface area contributed by atoms with Crippen LogP contribution in [0, 0.1) is 6.92 Å². The maximum absolute atomic E-state index is 12.3. The summed E-state index contributed by atoms with van der Waals surface area (Å²) >= 11 is 9.50. The molecule has 3 aromatic carbocycles. The molecule has 0 spiro atoms. The summed E-state index contributed by atoms with van der Waals surface area (Å²) < 4.78 is 2.68. The molecule has 0 aliphatic rings. The molecular formula is C25H19BrClN5O2. The molecule has 34 heavy (non-hydrogen) atoms. The summed E-state index contributed by atoms with van der Waals surface area (Å²) in [5.41, 5.74) is 6.48. The third kappa shape index (κ3) is 5.41. The molecule has 0 unspecified atom stereocenters. The normalized spacial score (nSPS) is 10.9. The van der Waals surface area contributed by atoms with Crippen LogP contribution in [0.3, 0.4) is 0 Å². The lowest BCUT2D eigenvalue weighted by molar-refractivity contribution is -0.136. The second kappa shape index (κ2) is 10.5. The maximum atomic E-state index is 12.3. The van der Waals surface area contributed by atoms with Crippen LogP contribution in [0.2, 0.25) is 5.02 Å². The predicted molar refractivity (Wildman–Crippen MR) is 137 cm³/mol. The first kappa shape index (κ1) is 23.4. The Hall–Kier alpha value is -3.75. The number of carbonyl (C=O) groups excluding carboxylic acids is 2. The van der Waals surface area contributed by atoms with Gasteiger partial charge >= 0.3 is 11.8 Å². The van der Waals surface area contributed by atoms with Gasteiger partial charge in [-0.1, -0.05) is 63.9 Å². The van der Waals surface area contributed by atoms with E-state index in [1.807, 2.05) is 54.6 Å². The van der Waals surface area contributed by atoms with Crippen molar-refractivity contribution in [1.82, 2.24) is 15.2 Å². The number of nitrogens with one attached hydrogen (secondary N) is 2. The number of hydrogen-bond acceptors (Lipinski definition) is 4. The lowest BCUT2D eigenvalue weighted by Gasteiger charge is -2.08. The molecule has 0 aliphatic heterocycles. The van der Waals surface area contributed by atoms with Gasteiger partial charge in [0.25, 0.3) is 0 Å². The third-order valence-corrected chi connectivity index (χ3v) is 5.91. The molecule has 4 aromatic rings. The molecule has 9 heteroatoms. The molecule has 0 aliphatic carbocycles. The maximum Gasteiger partial charge on any atom is 0.329 e. The van der Waals surface area contributed by atoms with Crippen molar-refractivity contribution in [2.75, 3.05) is 5.32 Å². The standard InChI is InChI=1S/C25H19BrClN5O2/c1-16-21(27)8-5-9-22(16)29-24(33)25(34)30-28-14-18-15-32(20-6-3-2-4-7-20)31-23(18)17-10-12-19(26)13-11-17/h2-15H,1H3,(H,29,33)(H,30,34). The average Bonchev–Trinajstić information content (AvgIpc) is 3.27. The SMILES string of the molecule is Cc1c(Cl)cccc1NC(=O)C(=O)NN=Cc1cn(-c2ccccc2)nc1-c1ccc(Br)cc1. The zero-order valence-corrected chi connectivity index (χ0v) is 20.3. The highest BCUT2D eigenvalue weighted by molar-refractivity contribution is 9.10. The van der Waals surface area contributed by atoms with Crippen molar-refractivity contribution < 1.29 is 9.59 Å². The van der Waals surface area contributed by atoms with Crippen molar-refractivity contribution in [3.8, 4) is 16.9 Å². The second-order valence-electron chi connectivity index (χ2n) is 7.29. The van der Waals surface area contributed by atoms with Gasteiger partial charge in [-0.25, -0.2) is 10.1 Å². The molecule has 0 saturated heterocycles. The van der Waals surface area contributed by atoms with E-state index in [1.165, 1.54) is 6.21 Å².